The molecular weight excluding hydrogens is 243 g/mol. The molecule has 3 heteroatoms. The van der Waals surface area contributed by atoms with E-state index in [1.165, 1.54) is 17.7 Å². The van der Waals surface area contributed by atoms with Gasteiger partial charge in [-0.2, -0.15) is 0 Å². The minimum absolute atomic E-state index is 0.161. The molecule has 0 spiro atoms. The molecule has 0 aliphatic heterocycles. The van der Waals surface area contributed by atoms with E-state index in [9.17, 15) is 9.50 Å². The first kappa shape index (κ1) is 13.6. The number of aliphatic hydroxyl groups is 1. The van der Waals surface area contributed by atoms with Crippen molar-refractivity contribution in [2.24, 2.45) is 0 Å². The van der Waals surface area contributed by atoms with Crippen molar-refractivity contribution in [2.45, 2.75) is 26.4 Å². The first-order valence-corrected chi connectivity index (χ1v) is 6.34. The molecule has 0 fully saturated rings. The SMILES string of the molecule is CCc1ccc(Oc2ccc([C@@H](C)O)cc2F)cc1. The van der Waals surface area contributed by atoms with Gasteiger partial charge in [0.25, 0.3) is 0 Å². The van der Waals surface area contributed by atoms with Crippen LogP contribution in [0.1, 0.15) is 31.1 Å². The van der Waals surface area contributed by atoms with Crippen LogP contribution in [0, 0.1) is 5.82 Å². The van der Waals surface area contributed by atoms with Crippen molar-refractivity contribution in [2.75, 3.05) is 0 Å². The van der Waals surface area contributed by atoms with E-state index in [2.05, 4.69) is 6.92 Å². The van der Waals surface area contributed by atoms with E-state index in [0.29, 0.717) is 11.3 Å². The van der Waals surface area contributed by atoms with Crippen LogP contribution in [0.4, 0.5) is 4.39 Å². The average Bonchev–Trinajstić information content (AvgIpc) is 2.41. The normalized spacial score (nSPS) is 12.2. The largest absolute Gasteiger partial charge is 0.454 e. The molecule has 100 valence electrons. The van der Waals surface area contributed by atoms with E-state index in [0.717, 1.165) is 6.42 Å². The number of hydrogen-bond acceptors (Lipinski definition) is 2. The summed E-state index contributed by atoms with van der Waals surface area (Å²) in [6.45, 7) is 3.67. The van der Waals surface area contributed by atoms with E-state index in [1.807, 2.05) is 24.3 Å². The lowest BCUT2D eigenvalue weighted by molar-refractivity contribution is 0.198. The fraction of sp³-hybridized carbons (Fsp3) is 0.250. The summed E-state index contributed by atoms with van der Waals surface area (Å²) < 4.78 is 19.3. The smallest absolute Gasteiger partial charge is 0.166 e. The van der Waals surface area contributed by atoms with Gasteiger partial charge in [-0.3, -0.25) is 0 Å². The lowest BCUT2D eigenvalue weighted by atomic mass is 10.1. The first-order valence-electron chi connectivity index (χ1n) is 6.34. The number of hydrogen-bond donors (Lipinski definition) is 1. The Morgan fingerprint density at radius 3 is 2.37 bits per heavy atom. The molecule has 0 amide bonds. The average molecular weight is 260 g/mol. The highest BCUT2D eigenvalue weighted by Crippen LogP contribution is 2.27. The van der Waals surface area contributed by atoms with Gasteiger partial charge >= 0.3 is 0 Å². The van der Waals surface area contributed by atoms with Gasteiger partial charge in [-0.1, -0.05) is 25.1 Å². The van der Waals surface area contributed by atoms with Crippen molar-refractivity contribution >= 4 is 0 Å². The van der Waals surface area contributed by atoms with E-state index in [1.54, 1.807) is 13.0 Å². The van der Waals surface area contributed by atoms with Crippen LogP contribution in [0.3, 0.4) is 0 Å². The molecule has 0 saturated heterocycles. The molecule has 2 aromatic rings. The molecule has 1 N–H and O–H groups in total. The first-order chi connectivity index (χ1) is 9.10. The lowest BCUT2D eigenvalue weighted by Crippen LogP contribution is -1.94. The van der Waals surface area contributed by atoms with E-state index >= 15 is 0 Å². The molecular formula is C16H17FO2. The topological polar surface area (TPSA) is 29.5 Å². The summed E-state index contributed by atoms with van der Waals surface area (Å²) in [6, 6.07) is 12.0. The molecule has 2 aromatic carbocycles. The number of aryl methyl sites for hydroxylation is 1. The van der Waals surface area contributed by atoms with Crippen LogP contribution in [0.5, 0.6) is 11.5 Å². The Kier molecular flexibility index (Phi) is 4.17. The maximum Gasteiger partial charge on any atom is 0.166 e. The summed E-state index contributed by atoms with van der Waals surface area (Å²) in [7, 11) is 0. The molecule has 0 bridgehead atoms. The molecule has 2 rings (SSSR count). The Balaban J connectivity index is 2.18. The van der Waals surface area contributed by atoms with Crippen LogP contribution < -0.4 is 4.74 Å². The Labute approximate surface area is 112 Å². The highest BCUT2D eigenvalue weighted by atomic mass is 19.1. The van der Waals surface area contributed by atoms with Crippen LogP contribution in [-0.2, 0) is 6.42 Å². The number of halogens is 1. The molecule has 0 heterocycles. The van der Waals surface area contributed by atoms with E-state index in [4.69, 9.17) is 4.74 Å². The predicted octanol–water partition coefficient (Wildman–Crippen LogP) is 4.23. The molecule has 2 nitrogen and oxygen atoms in total. The zero-order valence-corrected chi connectivity index (χ0v) is 11.1. The fourth-order valence-corrected chi connectivity index (χ4v) is 1.78. The minimum Gasteiger partial charge on any atom is -0.454 e. The Morgan fingerprint density at radius 1 is 1.16 bits per heavy atom. The number of aliphatic hydroxyl groups excluding tert-OH is 1. The zero-order valence-electron chi connectivity index (χ0n) is 11.1. The summed E-state index contributed by atoms with van der Waals surface area (Å²) in [4.78, 5) is 0. The third-order valence-electron chi connectivity index (χ3n) is 3.00. The van der Waals surface area contributed by atoms with Crippen LogP contribution in [0.2, 0.25) is 0 Å². The maximum absolute atomic E-state index is 13.8. The Hall–Kier alpha value is -1.87. The zero-order chi connectivity index (χ0) is 13.8. The Morgan fingerprint density at radius 2 is 1.84 bits per heavy atom. The second-order valence-corrected chi connectivity index (χ2v) is 4.47. The molecule has 1 atom stereocenters. The third kappa shape index (κ3) is 3.32. The highest BCUT2D eigenvalue weighted by molar-refractivity contribution is 5.36. The van der Waals surface area contributed by atoms with Gasteiger partial charge in [0.2, 0.25) is 0 Å². The molecule has 0 saturated carbocycles. The van der Waals surface area contributed by atoms with Crippen molar-refractivity contribution in [1.82, 2.24) is 0 Å². The van der Waals surface area contributed by atoms with Gasteiger partial charge in [-0.25, -0.2) is 4.39 Å². The molecule has 19 heavy (non-hydrogen) atoms. The summed E-state index contributed by atoms with van der Waals surface area (Å²) in [6.07, 6.45) is 0.268. The lowest BCUT2D eigenvalue weighted by Gasteiger charge is -2.10. The van der Waals surface area contributed by atoms with Gasteiger partial charge in [-0.15, -0.1) is 0 Å². The summed E-state index contributed by atoms with van der Waals surface area (Å²) in [5.41, 5.74) is 1.74. The minimum atomic E-state index is -0.688. The van der Waals surface area contributed by atoms with E-state index < -0.39 is 11.9 Å². The van der Waals surface area contributed by atoms with Crippen molar-refractivity contribution in [1.29, 1.82) is 0 Å². The van der Waals surface area contributed by atoms with Crippen molar-refractivity contribution in [3.63, 3.8) is 0 Å². The number of rotatable bonds is 4. The van der Waals surface area contributed by atoms with Gasteiger partial charge in [0.1, 0.15) is 5.75 Å². The Bertz CT molecular complexity index is 547. The number of ether oxygens (including phenoxy) is 1. The molecule has 0 aliphatic rings. The predicted molar refractivity (Wildman–Crippen MR) is 72.9 cm³/mol. The monoisotopic (exact) mass is 260 g/mol. The summed E-state index contributed by atoms with van der Waals surface area (Å²) >= 11 is 0. The third-order valence-corrected chi connectivity index (χ3v) is 3.00. The standard InChI is InChI=1S/C16H17FO2/c1-3-12-4-7-14(8-5-12)19-16-9-6-13(11(2)18)10-15(16)17/h4-11,18H,3H2,1-2H3/t11-/m1/s1. The second kappa shape index (κ2) is 5.85. The van der Waals surface area contributed by atoms with E-state index in [-0.39, 0.29) is 5.75 Å². The van der Waals surface area contributed by atoms with Crippen LogP contribution in [0.15, 0.2) is 42.5 Å². The van der Waals surface area contributed by atoms with Gasteiger partial charge in [0.15, 0.2) is 11.6 Å². The second-order valence-electron chi connectivity index (χ2n) is 4.47. The van der Waals surface area contributed by atoms with Crippen molar-refractivity contribution < 1.29 is 14.2 Å². The van der Waals surface area contributed by atoms with Crippen molar-refractivity contribution in [3.8, 4) is 11.5 Å². The molecule has 0 aliphatic carbocycles. The summed E-state index contributed by atoms with van der Waals surface area (Å²) in [5.74, 6) is 0.285. The van der Waals surface area contributed by atoms with Gasteiger partial charge in [-0.05, 0) is 48.7 Å². The van der Waals surface area contributed by atoms with Gasteiger partial charge in [0, 0.05) is 0 Å². The van der Waals surface area contributed by atoms with Gasteiger partial charge in [0.05, 0.1) is 6.10 Å². The molecule has 0 aromatic heterocycles. The van der Waals surface area contributed by atoms with Crippen LogP contribution >= 0.6 is 0 Å². The van der Waals surface area contributed by atoms with Crippen LogP contribution in [-0.4, -0.2) is 5.11 Å². The maximum atomic E-state index is 13.8. The molecule has 0 radical (unpaired) electrons. The van der Waals surface area contributed by atoms with Crippen molar-refractivity contribution in [3.05, 3.63) is 59.4 Å². The number of benzene rings is 2. The summed E-state index contributed by atoms with van der Waals surface area (Å²) in [5, 5.41) is 9.38. The quantitative estimate of drug-likeness (QED) is 0.891. The fourth-order valence-electron chi connectivity index (χ4n) is 1.78. The molecule has 0 unspecified atom stereocenters. The highest BCUT2D eigenvalue weighted by Gasteiger charge is 2.08. The van der Waals surface area contributed by atoms with Gasteiger partial charge < -0.3 is 9.84 Å². The van der Waals surface area contributed by atoms with Crippen LogP contribution in [0.25, 0.3) is 0 Å².